The Balaban J connectivity index is 1.25. The summed E-state index contributed by atoms with van der Waals surface area (Å²) in [6.45, 7) is 3.15. The van der Waals surface area contributed by atoms with E-state index < -0.39 is 5.60 Å². The molecule has 2 aliphatic heterocycles. The Morgan fingerprint density at radius 2 is 1.79 bits per heavy atom. The Labute approximate surface area is 200 Å². The second kappa shape index (κ2) is 9.60. The van der Waals surface area contributed by atoms with E-state index in [4.69, 9.17) is 9.47 Å². The average molecular weight is 467 g/mol. The van der Waals surface area contributed by atoms with Crippen molar-refractivity contribution in [3.8, 4) is 0 Å². The van der Waals surface area contributed by atoms with Gasteiger partial charge >= 0.3 is 0 Å². The number of morpholine rings is 1. The van der Waals surface area contributed by atoms with Crippen LogP contribution in [0.1, 0.15) is 54.4 Å². The van der Waals surface area contributed by atoms with Crippen LogP contribution in [0, 0.1) is 0 Å². The van der Waals surface area contributed by atoms with Crippen molar-refractivity contribution >= 4 is 11.9 Å². The summed E-state index contributed by atoms with van der Waals surface area (Å²) in [5.41, 5.74) is 0.502. The third kappa shape index (κ3) is 4.67. The number of aliphatic hydroxyl groups is 1. The number of benzene rings is 1. The Bertz CT molecular complexity index is 970. The van der Waals surface area contributed by atoms with E-state index in [-0.39, 0.29) is 17.6 Å². The molecule has 1 atom stereocenters. The second-order valence-corrected chi connectivity index (χ2v) is 9.92. The van der Waals surface area contributed by atoms with Crippen LogP contribution in [-0.2, 0) is 15.1 Å². The van der Waals surface area contributed by atoms with Gasteiger partial charge in [0, 0.05) is 44.7 Å². The van der Waals surface area contributed by atoms with Crippen molar-refractivity contribution < 1.29 is 19.4 Å². The lowest BCUT2D eigenvalue weighted by Crippen LogP contribution is -2.61. The van der Waals surface area contributed by atoms with E-state index in [1.165, 1.54) is 0 Å². The standard InChI is InChI=1S/C26H34N4O4/c1-33-18-22-17-30(24-27-13-4-14-28-24)19-25(34-22)11-15-29(16-12-25)23(31)20-5-7-21(8-6-20)26(32)9-2-3-10-26/h4-8,13-14,22,32H,2-3,9-12,15-19H2,1H3. The molecule has 1 amide bonds. The number of likely N-dealkylation sites (tertiary alicyclic amines) is 1. The van der Waals surface area contributed by atoms with Gasteiger partial charge < -0.3 is 24.4 Å². The number of hydrogen-bond donors (Lipinski definition) is 1. The average Bonchev–Trinajstić information content (AvgIpc) is 3.32. The number of hydrogen-bond acceptors (Lipinski definition) is 7. The zero-order valence-corrected chi connectivity index (χ0v) is 19.9. The van der Waals surface area contributed by atoms with Crippen LogP contribution in [0.2, 0.25) is 0 Å². The molecule has 3 heterocycles. The van der Waals surface area contributed by atoms with Gasteiger partial charge in [0.15, 0.2) is 0 Å². The maximum atomic E-state index is 13.2. The summed E-state index contributed by atoms with van der Waals surface area (Å²) in [4.78, 5) is 26.2. The highest BCUT2D eigenvalue weighted by Crippen LogP contribution is 2.39. The smallest absolute Gasteiger partial charge is 0.253 e. The molecule has 1 unspecified atom stereocenters. The van der Waals surface area contributed by atoms with Crippen molar-refractivity contribution in [3.63, 3.8) is 0 Å². The van der Waals surface area contributed by atoms with Gasteiger partial charge in [0.1, 0.15) is 0 Å². The molecule has 0 radical (unpaired) electrons. The van der Waals surface area contributed by atoms with Gasteiger partial charge in [0.05, 0.1) is 30.5 Å². The topological polar surface area (TPSA) is 88.0 Å². The molecule has 1 spiro atoms. The van der Waals surface area contributed by atoms with Crippen molar-refractivity contribution in [1.29, 1.82) is 0 Å². The highest BCUT2D eigenvalue weighted by molar-refractivity contribution is 5.94. The summed E-state index contributed by atoms with van der Waals surface area (Å²) in [6.07, 6.45) is 8.63. The molecule has 34 heavy (non-hydrogen) atoms. The van der Waals surface area contributed by atoms with E-state index in [0.717, 1.165) is 44.1 Å². The van der Waals surface area contributed by atoms with Gasteiger partial charge in [0.25, 0.3) is 5.91 Å². The van der Waals surface area contributed by atoms with Crippen LogP contribution < -0.4 is 4.90 Å². The van der Waals surface area contributed by atoms with Gasteiger partial charge in [-0.1, -0.05) is 25.0 Å². The van der Waals surface area contributed by atoms with Crippen molar-refractivity contribution in [1.82, 2.24) is 14.9 Å². The van der Waals surface area contributed by atoms with E-state index in [1.807, 2.05) is 35.2 Å². The molecule has 182 valence electrons. The molecule has 8 nitrogen and oxygen atoms in total. The van der Waals surface area contributed by atoms with Crippen molar-refractivity contribution in [2.45, 2.75) is 55.8 Å². The van der Waals surface area contributed by atoms with Crippen molar-refractivity contribution in [3.05, 3.63) is 53.9 Å². The fraction of sp³-hybridized carbons (Fsp3) is 0.577. The largest absolute Gasteiger partial charge is 0.385 e. The van der Waals surface area contributed by atoms with E-state index in [1.54, 1.807) is 19.5 Å². The molecule has 8 heteroatoms. The Kier molecular flexibility index (Phi) is 6.55. The third-order valence-corrected chi connectivity index (χ3v) is 7.57. The summed E-state index contributed by atoms with van der Waals surface area (Å²) >= 11 is 0. The minimum absolute atomic E-state index is 0.0345. The highest BCUT2D eigenvalue weighted by Gasteiger charge is 2.44. The summed E-state index contributed by atoms with van der Waals surface area (Å²) in [5, 5.41) is 10.8. The van der Waals surface area contributed by atoms with Gasteiger partial charge in [-0.15, -0.1) is 0 Å². The number of aromatic nitrogens is 2. The van der Waals surface area contributed by atoms with E-state index in [0.29, 0.717) is 44.3 Å². The second-order valence-electron chi connectivity index (χ2n) is 9.92. The highest BCUT2D eigenvalue weighted by atomic mass is 16.5. The number of rotatable bonds is 5. The predicted octanol–water partition coefficient (Wildman–Crippen LogP) is 2.76. The fourth-order valence-corrected chi connectivity index (χ4v) is 5.71. The monoisotopic (exact) mass is 466 g/mol. The maximum absolute atomic E-state index is 13.2. The molecular weight excluding hydrogens is 432 g/mol. The molecular formula is C26H34N4O4. The van der Waals surface area contributed by atoms with Crippen molar-refractivity contribution in [2.24, 2.45) is 0 Å². The molecule has 3 aliphatic rings. The minimum Gasteiger partial charge on any atom is -0.385 e. The first-order valence-electron chi connectivity index (χ1n) is 12.3. The zero-order chi connectivity index (χ0) is 23.6. The number of methoxy groups -OCH3 is 1. The lowest BCUT2D eigenvalue weighted by molar-refractivity contribution is -0.145. The Morgan fingerprint density at radius 1 is 1.12 bits per heavy atom. The molecule has 1 aromatic carbocycles. The summed E-state index contributed by atoms with van der Waals surface area (Å²) < 4.78 is 11.9. The van der Waals surface area contributed by atoms with E-state index in [2.05, 4.69) is 14.9 Å². The van der Waals surface area contributed by atoms with Crippen LogP contribution in [-0.4, -0.2) is 77.5 Å². The van der Waals surface area contributed by atoms with Crippen LogP contribution in [0.25, 0.3) is 0 Å². The van der Waals surface area contributed by atoms with Crippen LogP contribution >= 0.6 is 0 Å². The molecule has 3 fully saturated rings. The molecule has 1 aliphatic carbocycles. The summed E-state index contributed by atoms with van der Waals surface area (Å²) in [6, 6.07) is 9.37. The lowest BCUT2D eigenvalue weighted by Gasteiger charge is -2.49. The first-order valence-corrected chi connectivity index (χ1v) is 12.3. The van der Waals surface area contributed by atoms with Crippen LogP contribution in [0.5, 0.6) is 0 Å². The van der Waals surface area contributed by atoms with Gasteiger partial charge in [-0.3, -0.25) is 4.79 Å². The quantitative estimate of drug-likeness (QED) is 0.725. The number of amides is 1. The molecule has 1 aromatic heterocycles. The minimum atomic E-state index is -0.732. The number of piperidine rings is 1. The lowest BCUT2D eigenvalue weighted by atomic mass is 9.88. The third-order valence-electron chi connectivity index (χ3n) is 7.57. The number of carbonyl (C=O) groups is 1. The SMILES string of the molecule is COCC1CN(c2ncccn2)CC2(CCN(C(=O)c3ccc(C4(O)CCCC4)cc3)CC2)O1. The number of ether oxygens (including phenoxy) is 2. The summed E-state index contributed by atoms with van der Waals surface area (Å²) in [5.74, 6) is 0.737. The van der Waals surface area contributed by atoms with Crippen molar-refractivity contribution in [2.75, 3.05) is 44.8 Å². The number of carbonyl (C=O) groups excluding carboxylic acids is 1. The number of nitrogens with zero attached hydrogens (tertiary/aromatic N) is 4. The predicted molar refractivity (Wildman–Crippen MR) is 128 cm³/mol. The Hall–Kier alpha value is -2.55. The molecule has 5 rings (SSSR count). The molecule has 2 aromatic rings. The van der Waals surface area contributed by atoms with Crippen LogP contribution in [0.4, 0.5) is 5.95 Å². The van der Waals surface area contributed by atoms with Gasteiger partial charge in [0.2, 0.25) is 5.95 Å². The normalized spacial score (nSPS) is 23.9. The van der Waals surface area contributed by atoms with E-state index >= 15 is 0 Å². The van der Waals surface area contributed by atoms with Gasteiger partial charge in [-0.2, -0.15) is 0 Å². The van der Waals surface area contributed by atoms with Gasteiger partial charge in [-0.25, -0.2) is 9.97 Å². The first kappa shape index (κ1) is 23.2. The molecule has 1 saturated carbocycles. The van der Waals surface area contributed by atoms with Crippen LogP contribution in [0.3, 0.4) is 0 Å². The molecule has 1 N–H and O–H groups in total. The number of anilines is 1. The Morgan fingerprint density at radius 3 is 2.44 bits per heavy atom. The maximum Gasteiger partial charge on any atom is 0.253 e. The van der Waals surface area contributed by atoms with Crippen LogP contribution in [0.15, 0.2) is 42.7 Å². The first-order chi connectivity index (χ1) is 16.5. The summed E-state index contributed by atoms with van der Waals surface area (Å²) in [7, 11) is 1.69. The van der Waals surface area contributed by atoms with Gasteiger partial charge in [-0.05, 0) is 49.4 Å². The van der Waals surface area contributed by atoms with E-state index in [9.17, 15) is 9.90 Å². The molecule has 0 bridgehead atoms. The fourth-order valence-electron chi connectivity index (χ4n) is 5.71. The zero-order valence-electron chi connectivity index (χ0n) is 19.9. The molecule has 2 saturated heterocycles.